The SMILES string of the molecule is CC1CC(NCC2(O)CCCCCC2)CC(C)O1. The molecule has 0 radical (unpaired) electrons. The number of nitrogens with one attached hydrogen (secondary N) is 1. The van der Waals surface area contributed by atoms with E-state index in [0.717, 1.165) is 32.2 Å². The number of hydrogen-bond donors (Lipinski definition) is 2. The second kappa shape index (κ2) is 6.36. The maximum Gasteiger partial charge on any atom is 0.0771 e. The third kappa shape index (κ3) is 4.22. The van der Waals surface area contributed by atoms with Gasteiger partial charge in [-0.05, 0) is 39.5 Å². The van der Waals surface area contributed by atoms with Crippen molar-refractivity contribution in [1.82, 2.24) is 5.32 Å². The standard InChI is InChI=1S/C15H29NO2/c1-12-9-14(10-13(2)18-12)16-11-15(17)7-5-3-4-6-8-15/h12-14,16-17H,3-11H2,1-2H3. The van der Waals surface area contributed by atoms with Crippen LogP contribution in [0, 0.1) is 0 Å². The van der Waals surface area contributed by atoms with Crippen LogP contribution in [-0.4, -0.2) is 35.5 Å². The summed E-state index contributed by atoms with van der Waals surface area (Å²) < 4.78 is 5.75. The fourth-order valence-corrected chi connectivity index (χ4v) is 3.47. The summed E-state index contributed by atoms with van der Waals surface area (Å²) >= 11 is 0. The van der Waals surface area contributed by atoms with Gasteiger partial charge in [0.25, 0.3) is 0 Å². The molecule has 0 amide bonds. The zero-order valence-corrected chi connectivity index (χ0v) is 12.0. The fraction of sp³-hybridized carbons (Fsp3) is 1.00. The van der Waals surface area contributed by atoms with Gasteiger partial charge >= 0.3 is 0 Å². The summed E-state index contributed by atoms with van der Waals surface area (Å²) in [5.74, 6) is 0. The zero-order chi connectivity index (χ0) is 13.0. The largest absolute Gasteiger partial charge is 0.389 e. The Morgan fingerprint density at radius 1 is 1.06 bits per heavy atom. The van der Waals surface area contributed by atoms with E-state index in [4.69, 9.17) is 4.74 Å². The molecule has 0 aromatic carbocycles. The van der Waals surface area contributed by atoms with Gasteiger partial charge in [-0.15, -0.1) is 0 Å². The van der Waals surface area contributed by atoms with E-state index < -0.39 is 5.60 Å². The quantitative estimate of drug-likeness (QED) is 0.762. The summed E-state index contributed by atoms with van der Waals surface area (Å²) in [4.78, 5) is 0. The first-order chi connectivity index (χ1) is 8.57. The second-order valence-electron chi connectivity index (χ2n) is 6.45. The van der Waals surface area contributed by atoms with Gasteiger partial charge in [-0.3, -0.25) is 0 Å². The minimum Gasteiger partial charge on any atom is -0.389 e. The molecule has 0 bridgehead atoms. The van der Waals surface area contributed by atoms with E-state index in [1.54, 1.807) is 0 Å². The van der Waals surface area contributed by atoms with Gasteiger partial charge in [0.05, 0.1) is 17.8 Å². The van der Waals surface area contributed by atoms with Crippen LogP contribution < -0.4 is 5.32 Å². The van der Waals surface area contributed by atoms with E-state index in [1.165, 1.54) is 25.7 Å². The lowest BCUT2D eigenvalue weighted by molar-refractivity contribution is -0.0479. The zero-order valence-electron chi connectivity index (χ0n) is 12.0. The Kier molecular flexibility index (Phi) is 5.05. The van der Waals surface area contributed by atoms with Gasteiger partial charge in [0.1, 0.15) is 0 Å². The van der Waals surface area contributed by atoms with E-state index in [2.05, 4.69) is 19.2 Å². The monoisotopic (exact) mass is 255 g/mol. The van der Waals surface area contributed by atoms with Gasteiger partial charge < -0.3 is 15.2 Å². The number of ether oxygens (including phenoxy) is 1. The topological polar surface area (TPSA) is 41.5 Å². The van der Waals surface area contributed by atoms with Crippen LogP contribution in [0.15, 0.2) is 0 Å². The predicted molar refractivity (Wildman–Crippen MR) is 73.7 cm³/mol. The molecule has 2 unspecified atom stereocenters. The van der Waals surface area contributed by atoms with Gasteiger partial charge in [-0.2, -0.15) is 0 Å². The van der Waals surface area contributed by atoms with Gasteiger partial charge in [0, 0.05) is 12.6 Å². The highest BCUT2D eigenvalue weighted by molar-refractivity contribution is 4.87. The van der Waals surface area contributed by atoms with E-state index >= 15 is 0 Å². The summed E-state index contributed by atoms with van der Waals surface area (Å²) in [5, 5.41) is 14.2. The molecule has 0 spiro atoms. The van der Waals surface area contributed by atoms with Crippen LogP contribution in [0.4, 0.5) is 0 Å². The summed E-state index contributed by atoms with van der Waals surface area (Å²) in [6.07, 6.45) is 9.69. The third-order valence-electron chi connectivity index (χ3n) is 4.45. The highest BCUT2D eigenvalue weighted by atomic mass is 16.5. The Labute approximate surface area is 111 Å². The molecule has 106 valence electrons. The van der Waals surface area contributed by atoms with Crippen LogP contribution in [0.5, 0.6) is 0 Å². The summed E-state index contributed by atoms with van der Waals surface area (Å²) in [7, 11) is 0. The third-order valence-corrected chi connectivity index (χ3v) is 4.45. The molecule has 2 fully saturated rings. The Morgan fingerprint density at radius 2 is 1.61 bits per heavy atom. The average Bonchev–Trinajstić information content (AvgIpc) is 2.51. The van der Waals surface area contributed by atoms with E-state index in [1.807, 2.05) is 0 Å². The lowest BCUT2D eigenvalue weighted by atomic mass is 9.93. The van der Waals surface area contributed by atoms with Crippen LogP contribution in [0.1, 0.15) is 65.2 Å². The van der Waals surface area contributed by atoms with E-state index in [-0.39, 0.29) is 0 Å². The highest BCUT2D eigenvalue weighted by Gasteiger charge is 2.30. The van der Waals surface area contributed by atoms with Crippen molar-refractivity contribution in [3.8, 4) is 0 Å². The molecule has 0 aromatic rings. The van der Waals surface area contributed by atoms with E-state index in [0.29, 0.717) is 18.2 Å². The minimum atomic E-state index is -0.457. The molecular formula is C15H29NO2. The molecule has 2 rings (SSSR count). The fourth-order valence-electron chi connectivity index (χ4n) is 3.47. The van der Waals surface area contributed by atoms with Gasteiger partial charge in [0.2, 0.25) is 0 Å². The van der Waals surface area contributed by atoms with Crippen LogP contribution >= 0.6 is 0 Å². The van der Waals surface area contributed by atoms with Crippen molar-refractivity contribution in [3.63, 3.8) is 0 Å². The first kappa shape index (κ1) is 14.3. The smallest absolute Gasteiger partial charge is 0.0771 e. The Bertz CT molecular complexity index is 239. The molecule has 2 atom stereocenters. The van der Waals surface area contributed by atoms with Crippen molar-refractivity contribution in [2.75, 3.05) is 6.54 Å². The molecule has 2 N–H and O–H groups in total. The lowest BCUT2D eigenvalue weighted by Crippen LogP contribution is -2.48. The molecule has 3 heteroatoms. The molecule has 1 saturated heterocycles. The first-order valence-corrected chi connectivity index (χ1v) is 7.69. The second-order valence-corrected chi connectivity index (χ2v) is 6.45. The minimum absolute atomic E-state index is 0.343. The van der Waals surface area contributed by atoms with Gasteiger partial charge in [0.15, 0.2) is 0 Å². The van der Waals surface area contributed by atoms with Crippen LogP contribution in [0.3, 0.4) is 0 Å². The molecular weight excluding hydrogens is 226 g/mol. The van der Waals surface area contributed by atoms with Crippen molar-refractivity contribution < 1.29 is 9.84 Å². The summed E-state index contributed by atoms with van der Waals surface area (Å²) in [6.45, 7) is 5.05. The maximum absolute atomic E-state index is 10.6. The van der Waals surface area contributed by atoms with Crippen molar-refractivity contribution >= 4 is 0 Å². The van der Waals surface area contributed by atoms with E-state index in [9.17, 15) is 5.11 Å². The lowest BCUT2D eigenvalue weighted by Gasteiger charge is -2.35. The first-order valence-electron chi connectivity index (χ1n) is 7.69. The van der Waals surface area contributed by atoms with Crippen LogP contribution in [0.2, 0.25) is 0 Å². The van der Waals surface area contributed by atoms with Crippen molar-refractivity contribution in [2.45, 2.75) is 89.1 Å². The number of rotatable bonds is 3. The number of aliphatic hydroxyl groups is 1. The Balaban J connectivity index is 1.78. The highest BCUT2D eigenvalue weighted by Crippen LogP contribution is 2.27. The molecule has 3 nitrogen and oxygen atoms in total. The molecule has 0 aromatic heterocycles. The summed E-state index contributed by atoms with van der Waals surface area (Å²) in [6, 6.07) is 0.510. The van der Waals surface area contributed by atoms with Crippen molar-refractivity contribution in [2.24, 2.45) is 0 Å². The molecule has 2 aliphatic rings. The maximum atomic E-state index is 10.6. The van der Waals surface area contributed by atoms with Gasteiger partial charge in [-0.1, -0.05) is 25.7 Å². The Morgan fingerprint density at radius 3 is 2.17 bits per heavy atom. The van der Waals surface area contributed by atoms with Crippen LogP contribution in [-0.2, 0) is 4.74 Å². The Hall–Kier alpha value is -0.120. The molecule has 18 heavy (non-hydrogen) atoms. The average molecular weight is 255 g/mol. The molecule has 1 saturated carbocycles. The van der Waals surface area contributed by atoms with Crippen molar-refractivity contribution in [3.05, 3.63) is 0 Å². The van der Waals surface area contributed by atoms with Gasteiger partial charge in [-0.25, -0.2) is 0 Å². The van der Waals surface area contributed by atoms with Crippen LogP contribution in [0.25, 0.3) is 0 Å². The van der Waals surface area contributed by atoms with Crippen molar-refractivity contribution in [1.29, 1.82) is 0 Å². The molecule has 1 aliphatic carbocycles. The predicted octanol–water partition coefficient (Wildman–Crippen LogP) is 2.62. The molecule has 1 aliphatic heterocycles. The number of hydrogen-bond acceptors (Lipinski definition) is 3. The summed E-state index contributed by atoms with van der Waals surface area (Å²) in [5.41, 5.74) is -0.457. The molecule has 1 heterocycles. The normalized spacial score (nSPS) is 37.2.